The van der Waals surface area contributed by atoms with Crippen LogP contribution in [-0.2, 0) is 20.7 Å². The Hall–Kier alpha value is -5.88. The van der Waals surface area contributed by atoms with Gasteiger partial charge in [0.05, 0.1) is 19.5 Å². The first-order valence-electron chi connectivity index (χ1n) is 18.4. The summed E-state index contributed by atoms with van der Waals surface area (Å²) < 4.78 is 41.9. The van der Waals surface area contributed by atoms with Gasteiger partial charge in [0.2, 0.25) is 16.2 Å². The number of thiophene rings is 1. The van der Waals surface area contributed by atoms with Gasteiger partial charge in [0, 0.05) is 55.2 Å². The monoisotopic (exact) mass is 882 g/mol. The van der Waals surface area contributed by atoms with Crippen molar-refractivity contribution in [3.8, 4) is 10.4 Å². The highest BCUT2D eigenvalue weighted by atomic mass is 32.1. The van der Waals surface area contributed by atoms with E-state index in [0.29, 0.717) is 28.9 Å². The molecule has 18 nitrogen and oxygen atoms in total. The molecule has 60 heavy (non-hydrogen) atoms. The van der Waals surface area contributed by atoms with Crippen molar-refractivity contribution < 1.29 is 37.7 Å². The predicted octanol–water partition coefficient (Wildman–Crippen LogP) is 5.05. The van der Waals surface area contributed by atoms with E-state index in [1.54, 1.807) is 41.9 Å². The van der Waals surface area contributed by atoms with Crippen molar-refractivity contribution in [2.45, 2.75) is 51.1 Å². The molecule has 3 N–H and O–H groups in total. The number of aryl methyl sites for hydroxylation is 1. The molecule has 3 unspecified atom stereocenters. The Balaban J connectivity index is 0.000000195. The summed E-state index contributed by atoms with van der Waals surface area (Å²) in [5.41, 5.74) is 0.302. The summed E-state index contributed by atoms with van der Waals surface area (Å²) in [6.45, 7) is 1.86. The molecule has 2 saturated heterocycles. The zero-order valence-electron chi connectivity index (χ0n) is 32.2. The third-order valence-corrected chi connectivity index (χ3v) is 11.0. The number of rotatable bonds is 14. The van der Waals surface area contributed by atoms with Crippen LogP contribution in [0.4, 0.5) is 30.7 Å². The topological polar surface area (TPSA) is 216 Å². The number of aliphatic hydroxyl groups excluding tert-OH is 1. The molecule has 5 aromatic heterocycles. The first-order chi connectivity index (χ1) is 29.2. The maximum Gasteiger partial charge on any atom is 0.346 e. The van der Waals surface area contributed by atoms with Crippen LogP contribution in [-0.4, -0.2) is 110 Å². The highest BCUT2D eigenvalue weighted by Gasteiger charge is 2.29. The van der Waals surface area contributed by atoms with Gasteiger partial charge in [-0.1, -0.05) is 40.5 Å². The predicted molar refractivity (Wildman–Crippen MR) is 221 cm³/mol. The van der Waals surface area contributed by atoms with E-state index in [4.69, 9.17) is 14.6 Å². The third kappa shape index (κ3) is 12.8. The van der Waals surface area contributed by atoms with Crippen LogP contribution in [0.5, 0.6) is 10.4 Å². The molecule has 2 amide bonds. The van der Waals surface area contributed by atoms with Gasteiger partial charge >= 0.3 is 6.61 Å². The number of carbonyl (C=O) groups excluding carboxylic acids is 2. The fourth-order valence-corrected chi connectivity index (χ4v) is 8.22. The summed E-state index contributed by atoms with van der Waals surface area (Å²) in [5, 5.41) is 45.4. The van der Waals surface area contributed by atoms with Crippen LogP contribution in [0.15, 0.2) is 79.1 Å². The largest absolute Gasteiger partial charge is 0.464 e. The molecule has 0 aliphatic carbocycles. The molecule has 0 spiro atoms. The maximum atomic E-state index is 12.8. The number of aliphatic hydroxyl groups is 1. The minimum Gasteiger partial charge on any atom is -0.464 e. The number of amides is 2. The fraction of sp³-hybridized carbons (Fsp3) is 0.351. The third-order valence-electron chi connectivity index (χ3n) is 8.59. The van der Waals surface area contributed by atoms with Crippen LogP contribution in [0.3, 0.4) is 0 Å². The molecule has 8 rings (SSSR count). The summed E-state index contributed by atoms with van der Waals surface area (Å²) in [6.07, 6.45) is 3.64. The molecule has 6 aromatic rings. The van der Waals surface area contributed by atoms with E-state index in [-0.39, 0.29) is 28.4 Å². The number of ether oxygens (including phenoxy) is 3. The Kier molecular flexibility index (Phi) is 16.0. The van der Waals surface area contributed by atoms with Crippen LogP contribution >= 0.6 is 34.0 Å². The van der Waals surface area contributed by atoms with E-state index in [0.717, 1.165) is 67.4 Å². The summed E-state index contributed by atoms with van der Waals surface area (Å²) in [6, 6.07) is 19.5. The van der Waals surface area contributed by atoms with Gasteiger partial charge in [-0.25, -0.2) is 0 Å². The average Bonchev–Trinajstić information content (AvgIpc) is 4.14. The van der Waals surface area contributed by atoms with E-state index < -0.39 is 18.6 Å². The summed E-state index contributed by atoms with van der Waals surface area (Å²) >= 11 is 3.87. The zero-order chi connectivity index (χ0) is 42.3. The van der Waals surface area contributed by atoms with Crippen molar-refractivity contribution >= 4 is 67.7 Å². The number of alkyl halides is 2. The molecule has 2 aliphatic rings. The Morgan fingerprint density at radius 1 is 0.750 bits per heavy atom. The van der Waals surface area contributed by atoms with Crippen molar-refractivity contribution in [3.05, 3.63) is 94.4 Å². The normalized spacial score (nSPS) is 16.3. The van der Waals surface area contributed by atoms with Crippen molar-refractivity contribution in [3.63, 3.8) is 0 Å². The van der Waals surface area contributed by atoms with Crippen LogP contribution in [0.2, 0.25) is 0 Å². The fourth-order valence-electron chi connectivity index (χ4n) is 5.99. The lowest BCUT2D eigenvalue weighted by Crippen LogP contribution is -2.25. The second-order valence-electron chi connectivity index (χ2n) is 12.8. The minimum absolute atomic E-state index is 0.0117. The first-order valence-corrected chi connectivity index (χ1v) is 20.8. The molecule has 23 heteroatoms. The number of halogens is 2. The highest BCUT2D eigenvalue weighted by molar-refractivity contribution is 7.17. The number of nitrogens with zero attached hydrogens (tertiary/aromatic N) is 10. The van der Waals surface area contributed by atoms with Crippen molar-refractivity contribution in [1.29, 1.82) is 0 Å². The number of carbonyl (C=O) groups is 2. The van der Waals surface area contributed by atoms with Gasteiger partial charge in [0.15, 0.2) is 17.7 Å². The van der Waals surface area contributed by atoms with E-state index >= 15 is 0 Å². The van der Waals surface area contributed by atoms with Gasteiger partial charge in [-0.2, -0.15) is 19.0 Å². The standard InChI is InChI=1S/C19H18F2N6O3S.C17H18N6O2S2.CH4O/c20-17(21)30-15(12-5-2-1-3-6-12)16(28)23-18-25-26-19(31-18)29-13-8-10-27(11-13)14-7-4-9-22-24-14;1-11-4-5-13(26-11)9-15(24)19-16-21-22-17(27-16)25-12-6-8-23(10-12)14-3-2-7-18-20-14;1-2/h1-7,9,13,15,17H,8,10-11H2,(H,23,25,28);2-5,7,12H,6,8-10H2,1H3,(H,19,21,24);2H,1H3. The van der Waals surface area contributed by atoms with Gasteiger partial charge in [-0.05, 0) is 71.6 Å². The Labute approximate surface area is 354 Å². The lowest BCUT2D eigenvalue weighted by atomic mass is 10.1. The Morgan fingerprint density at radius 2 is 1.32 bits per heavy atom. The van der Waals surface area contributed by atoms with Gasteiger partial charge in [-0.15, -0.1) is 31.7 Å². The lowest BCUT2D eigenvalue weighted by Gasteiger charge is -2.16. The summed E-state index contributed by atoms with van der Waals surface area (Å²) in [5.74, 6) is 0.737. The SMILES string of the molecule is CO.Cc1ccc(CC(=O)Nc2nnc(OC3CCN(c4cccnn4)C3)s2)s1.O=C(Nc1nnc(OC2CCN(c3cccnn3)C2)s1)C(OC(F)F)c1ccccc1. The molecular formula is C37H40F2N12O6S3. The average molecular weight is 883 g/mol. The van der Waals surface area contributed by atoms with Crippen molar-refractivity contribution in [2.24, 2.45) is 0 Å². The van der Waals surface area contributed by atoms with Gasteiger partial charge < -0.3 is 34.4 Å². The first kappa shape index (κ1) is 43.7. The van der Waals surface area contributed by atoms with Crippen LogP contribution < -0.4 is 29.9 Å². The number of hydrogen-bond acceptors (Lipinski definition) is 19. The number of nitrogens with one attached hydrogen (secondary N) is 2. The summed E-state index contributed by atoms with van der Waals surface area (Å²) in [4.78, 5) is 31.0. The maximum absolute atomic E-state index is 12.8. The van der Waals surface area contributed by atoms with Crippen LogP contribution in [0.1, 0.15) is 34.3 Å². The molecule has 2 aliphatic heterocycles. The summed E-state index contributed by atoms with van der Waals surface area (Å²) in [7, 11) is 1.00. The van der Waals surface area contributed by atoms with Crippen molar-refractivity contribution in [2.75, 3.05) is 53.7 Å². The van der Waals surface area contributed by atoms with E-state index in [2.05, 4.69) is 61.1 Å². The van der Waals surface area contributed by atoms with E-state index in [1.807, 2.05) is 48.2 Å². The minimum atomic E-state index is -3.11. The molecule has 0 saturated carbocycles. The van der Waals surface area contributed by atoms with Gasteiger partial charge in [-0.3, -0.25) is 14.9 Å². The quantitative estimate of drug-likeness (QED) is 0.130. The number of hydrogen-bond donors (Lipinski definition) is 3. The van der Waals surface area contributed by atoms with E-state index in [9.17, 15) is 18.4 Å². The van der Waals surface area contributed by atoms with Crippen LogP contribution in [0.25, 0.3) is 0 Å². The highest BCUT2D eigenvalue weighted by Crippen LogP contribution is 2.30. The smallest absolute Gasteiger partial charge is 0.346 e. The zero-order valence-corrected chi connectivity index (χ0v) is 34.7. The molecular weight excluding hydrogens is 843 g/mol. The van der Waals surface area contributed by atoms with Gasteiger partial charge in [0.25, 0.3) is 16.3 Å². The lowest BCUT2D eigenvalue weighted by molar-refractivity contribution is -0.173. The molecule has 0 bridgehead atoms. The van der Waals surface area contributed by atoms with Gasteiger partial charge in [0.1, 0.15) is 12.2 Å². The molecule has 7 heterocycles. The number of benzene rings is 1. The molecule has 2 fully saturated rings. The van der Waals surface area contributed by atoms with Crippen LogP contribution in [0, 0.1) is 6.92 Å². The molecule has 0 radical (unpaired) electrons. The van der Waals surface area contributed by atoms with Crippen molar-refractivity contribution in [1.82, 2.24) is 40.8 Å². The number of anilines is 4. The van der Waals surface area contributed by atoms with E-state index in [1.165, 1.54) is 28.3 Å². The molecule has 1 aromatic carbocycles. The molecule has 3 atom stereocenters. The Morgan fingerprint density at radius 3 is 1.82 bits per heavy atom. The second kappa shape index (κ2) is 21.9. The Bertz CT molecular complexity index is 2220. The number of aromatic nitrogens is 8. The molecule has 316 valence electrons. The second-order valence-corrected chi connectivity index (χ2v) is 16.0.